The summed E-state index contributed by atoms with van der Waals surface area (Å²) in [6, 6.07) is 13.0. The smallest absolute Gasteiger partial charge is 0.243 e. The second-order valence-corrected chi connectivity index (χ2v) is 9.33. The van der Waals surface area contributed by atoms with Gasteiger partial charge in [-0.25, -0.2) is 12.8 Å². The van der Waals surface area contributed by atoms with Crippen molar-refractivity contribution in [1.29, 1.82) is 0 Å². The average Bonchev–Trinajstić information content (AvgIpc) is 2.67. The number of hydrogen-bond donors (Lipinski definition) is 0. The van der Waals surface area contributed by atoms with Crippen LogP contribution in [-0.2, 0) is 14.8 Å². The van der Waals surface area contributed by atoms with Crippen LogP contribution >= 0.6 is 11.8 Å². The van der Waals surface area contributed by atoms with Gasteiger partial charge in [-0.2, -0.15) is 4.31 Å². The molecule has 2 aromatic carbocycles. The molecule has 1 amide bonds. The van der Waals surface area contributed by atoms with Gasteiger partial charge >= 0.3 is 0 Å². The van der Waals surface area contributed by atoms with Crippen molar-refractivity contribution in [2.75, 3.05) is 31.9 Å². The predicted molar refractivity (Wildman–Crippen MR) is 104 cm³/mol. The fourth-order valence-electron chi connectivity index (χ4n) is 2.83. The number of thioether (sulfide) groups is 1. The van der Waals surface area contributed by atoms with Crippen LogP contribution in [0.15, 0.2) is 58.3 Å². The van der Waals surface area contributed by atoms with Gasteiger partial charge in [-0.1, -0.05) is 23.8 Å². The number of sulfonamides is 1. The van der Waals surface area contributed by atoms with Crippen molar-refractivity contribution in [2.24, 2.45) is 0 Å². The highest BCUT2D eigenvalue weighted by Crippen LogP contribution is 2.21. The quantitative estimate of drug-likeness (QED) is 0.714. The maximum absolute atomic E-state index is 13.3. The third-order valence-corrected chi connectivity index (χ3v) is 7.30. The van der Waals surface area contributed by atoms with Crippen molar-refractivity contribution in [3.8, 4) is 0 Å². The summed E-state index contributed by atoms with van der Waals surface area (Å²) < 4.78 is 39.9. The molecule has 144 valence electrons. The van der Waals surface area contributed by atoms with Crippen molar-refractivity contribution < 1.29 is 17.6 Å². The Morgan fingerprint density at radius 1 is 1.07 bits per heavy atom. The van der Waals surface area contributed by atoms with E-state index in [-0.39, 0.29) is 23.9 Å². The van der Waals surface area contributed by atoms with E-state index in [1.165, 1.54) is 39.8 Å². The molecule has 0 spiro atoms. The maximum Gasteiger partial charge on any atom is 0.243 e. The van der Waals surface area contributed by atoms with Gasteiger partial charge in [-0.3, -0.25) is 4.79 Å². The van der Waals surface area contributed by atoms with Crippen LogP contribution in [0.4, 0.5) is 4.39 Å². The summed E-state index contributed by atoms with van der Waals surface area (Å²) in [7, 11) is -3.74. The molecule has 0 aliphatic carbocycles. The number of amides is 1. The lowest BCUT2D eigenvalue weighted by atomic mass is 10.2. The Bertz CT molecular complexity index is 909. The molecule has 2 aromatic rings. The third kappa shape index (κ3) is 4.88. The first kappa shape index (κ1) is 19.9. The van der Waals surface area contributed by atoms with Gasteiger partial charge in [0.1, 0.15) is 5.82 Å². The van der Waals surface area contributed by atoms with Crippen LogP contribution in [0.1, 0.15) is 5.56 Å². The standard InChI is InChI=1S/C19H21FN2O3S2/c1-15-5-7-17(8-6-15)26-14-19(23)21-9-11-22(12-10-21)27(24,25)18-4-2-3-16(20)13-18/h2-8,13H,9-12,14H2,1H3. The molecule has 5 nitrogen and oxygen atoms in total. The SMILES string of the molecule is Cc1ccc(SCC(=O)N2CCN(S(=O)(=O)c3cccc(F)c3)CC2)cc1. The predicted octanol–water partition coefficient (Wildman–Crippen LogP) is 2.76. The van der Waals surface area contributed by atoms with Crippen LogP contribution in [0.3, 0.4) is 0 Å². The highest BCUT2D eigenvalue weighted by molar-refractivity contribution is 8.00. The molecule has 1 aliphatic rings. The second-order valence-electron chi connectivity index (χ2n) is 6.34. The Hall–Kier alpha value is -1.90. The van der Waals surface area contributed by atoms with Crippen molar-refractivity contribution in [2.45, 2.75) is 16.7 Å². The molecule has 0 bridgehead atoms. The van der Waals surface area contributed by atoms with E-state index in [4.69, 9.17) is 0 Å². The van der Waals surface area contributed by atoms with Gasteiger partial charge in [-0.15, -0.1) is 11.8 Å². The maximum atomic E-state index is 13.3. The number of carbonyl (C=O) groups excluding carboxylic acids is 1. The number of carbonyl (C=O) groups is 1. The zero-order chi connectivity index (χ0) is 19.4. The molecular weight excluding hydrogens is 387 g/mol. The summed E-state index contributed by atoms with van der Waals surface area (Å²) in [5.74, 6) is -0.277. The van der Waals surface area contributed by atoms with E-state index in [9.17, 15) is 17.6 Å². The molecule has 0 N–H and O–H groups in total. The minimum Gasteiger partial charge on any atom is -0.339 e. The zero-order valence-electron chi connectivity index (χ0n) is 15.0. The number of halogens is 1. The molecule has 1 fully saturated rings. The first-order chi connectivity index (χ1) is 12.9. The van der Waals surface area contributed by atoms with Crippen LogP contribution in [0, 0.1) is 12.7 Å². The number of benzene rings is 2. The summed E-state index contributed by atoms with van der Waals surface area (Å²) in [4.78, 5) is 15.0. The van der Waals surface area contributed by atoms with E-state index in [1.54, 1.807) is 4.90 Å². The average molecular weight is 409 g/mol. The summed E-state index contributed by atoms with van der Waals surface area (Å²) in [6.45, 7) is 3.10. The third-order valence-electron chi connectivity index (χ3n) is 4.41. The lowest BCUT2D eigenvalue weighted by Crippen LogP contribution is -2.50. The fraction of sp³-hybridized carbons (Fsp3) is 0.316. The molecule has 0 aromatic heterocycles. The van der Waals surface area contributed by atoms with Gasteiger partial charge in [0.05, 0.1) is 10.6 Å². The highest BCUT2D eigenvalue weighted by Gasteiger charge is 2.30. The van der Waals surface area contributed by atoms with E-state index >= 15 is 0 Å². The van der Waals surface area contributed by atoms with Crippen molar-refractivity contribution in [1.82, 2.24) is 9.21 Å². The zero-order valence-corrected chi connectivity index (χ0v) is 16.6. The normalized spacial score (nSPS) is 15.7. The van der Waals surface area contributed by atoms with Crippen molar-refractivity contribution in [3.05, 3.63) is 59.9 Å². The fourth-order valence-corrected chi connectivity index (χ4v) is 5.08. The van der Waals surface area contributed by atoms with Gasteiger partial charge in [0, 0.05) is 31.1 Å². The van der Waals surface area contributed by atoms with E-state index in [2.05, 4.69) is 0 Å². The molecule has 3 rings (SSSR count). The van der Waals surface area contributed by atoms with E-state index < -0.39 is 15.8 Å². The highest BCUT2D eigenvalue weighted by atomic mass is 32.2. The van der Waals surface area contributed by atoms with Crippen molar-refractivity contribution >= 4 is 27.7 Å². The van der Waals surface area contributed by atoms with Crippen molar-refractivity contribution in [3.63, 3.8) is 0 Å². The number of rotatable bonds is 5. The molecule has 0 atom stereocenters. The summed E-state index contributed by atoms with van der Waals surface area (Å²) in [5, 5.41) is 0. The van der Waals surface area contributed by atoms with Gasteiger partial charge in [0.15, 0.2) is 0 Å². The largest absolute Gasteiger partial charge is 0.339 e. The van der Waals surface area contributed by atoms with Gasteiger partial charge in [0.25, 0.3) is 0 Å². The molecule has 1 saturated heterocycles. The summed E-state index contributed by atoms with van der Waals surface area (Å²) in [5.41, 5.74) is 1.17. The molecule has 8 heteroatoms. The lowest BCUT2D eigenvalue weighted by Gasteiger charge is -2.34. The molecule has 0 saturated carbocycles. The van der Waals surface area contributed by atoms with E-state index in [0.29, 0.717) is 18.8 Å². The minimum absolute atomic E-state index is 0.0108. The number of nitrogens with zero attached hydrogens (tertiary/aromatic N) is 2. The van der Waals surface area contributed by atoms with E-state index in [1.807, 2.05) is 31.2 Å². The number of hydrogen-bond acceptors (Lipinski definition) is 4. The lowest BCUT2D eigenvalue weighted by molar-refractivity contribution is -0.129. The Balaban J connectivity index is 1.55. The monoisotopic (exact) mass is 408 g/mol. The topological polar surface area (TPSA) is 57.7 Å². The van der Waals surface area contributed by atoms with Crippen LogP contribution < -0.4 is 0 Å². The molecular formula is C19H21FN2O3S2. The molecule has 27 heavy (non-hydrogen) atoms. The van der Waals surface area contributed by atoms with Crippen LogP contribution in [-0.4, -0.2) is 55.5 Å². The molecule has 1 heterocycles. The molecule has 1 aliphatic heterocycles. The summed E-state index contributed by atoms with van der Waals surface area (Å²) in [6.07, 6.45) is 0. The Labute approximate surface area is 163 Å². The van der Waals surface area contributed by atoms with Crippen LogP contribution in [0.25, 0.3) is 0 Å². The summed E-state index contributed by atoms with van der Waals surface area (Å²) >= 11 is 1.47. The van der Waals surface area contributed by atoms with Gasteiger partial charge in [0.2, 0.25) is 15.9 Å². The first-order valence-corrected chi connectivity index (χ1v) is 11.0. The molecule has 0 radical (unpaired) electrons. The Morgan fingerprint density at radius 3 is 2.37 bits per heavy atom. The first-order valence-electron chi connectivity index (χ1n) is 8.59. The number of piperazine rings is 1. The Morgan fingerprint density at radius 2 is 1.74 bits per heavy atom. The molecule has 0 unspecified atom stereocenters. The second kappa shape index (κ2) is 8.41. The Kier molecular flexibility index (Phi) is 6.18. The van der Waals surface area contributed by atoms with E-state index in [0.717, 1.165) is 11.0 Å². The van der Waals surface area contributed by atoms with Gasteiger partial charge in [-0.05, 0) is 37.3 Å². The minimum atomic E-state index is -3.74. The number of aryl methyl sites for hydroxylation is 1. The van der Waals surface area contributed by atoms with Gasteiger partial charge < -0.3 is 4.90 Å². The van der Waals surface area contributed by atoms with Crippen LogP contribution in [0.5, 0.6) is 0 Å². The van der Waals surface area contributed by atoms with Crippen LogP contribution in [0.2, 0.25) is 0 Å².